The predicted octanol–water partition coefficient (Wildman–Crippen LogP) is 3.87. The molecule has 1 fully saturated rings. The average Bonchev–Trinajstić information content (AvgIpc) is 2.16. The Labute approximate surface area is 104 Å². The maximum atomic E-state index is 6.27. The highest BCUT2D eigenvalue weighted by atomic mass is 79.9. The van der Waals surface area contributed by atoms with Gasteiger partial charge in [-0.15, -0.1) is 0 Å². The van der Waals surface area contributed by atoms with Gasteiger partial charge in [-0.1, -0.05) is 34.0 Å². The topological polar surface area (TPSA) is 26.0 Å². The third-order valence-corrected chi connectivity index (χ3v) is 4.26. The Kier molecular flexibility index (Phi) is 3.39. The second kappa shape index (κ2) is 4.44. The molecule has 0 spiro atoms. The van der Waals surface area contributed by atoms with Crippen molar-refractivity contribution in [3.05, 3.63) is 33.3 Å². The van der Waals surface area contributed by atoms with Crippen molar-refractivity contribution in [2.24, 2.45) is 5.73 Å². The van der Waals surface area contributed by atoms with Gasteiger partial charge in [-0.05, 0) is 55.0 Å². The minimum Gasteiger partial charge on any atom is -0.330 e. The zero-order valence-electron chi connectivity index (χ0n) is 8.60. The van der Waals surface area contributed by atoms with Crippen LogP contribution < -0.4 is 5.73 Å². The van der Waals surface area contributed by atoms with Gasteiger partial charge in [0.05, 0.1) is 0 Å². The largest absolute Gasteiger partial charge is 0.330 e. The van der Waals surface area contributed by atoms with Gasteiger partial charge in [-0.3, -0.25) is 0 Å². The van der Waals surface area contributed by atoms with Crippen molar-refractivity contribution >= 4 is 27.5 Å². The summed E-state index contributed by atoms with van der Waals surface area (Å²) in [5.41, 5.74) is 7.23. The van der Waals surface area contributed by atoms with E-state index in [1.807, 2.05) is 12.1 Å². The smallest absolute Gasteiger partial charge is 0.0444 e. The summed E-state index contributed by atoms with van der Waals surface area (Å²) in [5.74, 6) is 0. The maximum absolute atomic E-state index is 6.27. The lowest BCUT2D eigenvalue weighted by molar-refractivity contribution is 0.229. The van der Waals surface area contributed by atoms with Gasteiger partial charge in [-0.2, -0.15) is 0 Å². The van der Waals surface area contributed by atoms with E-state index >= 15 is 0 Å². The third-order valence-electron chi connectivity index (χ3n) is 3.43. The molecule has 15 heavy (non-hydrogen) atoms. The molecule has 2 N–H and O–H groups in total. The minimum atomic E-state index is 0.260. The van der Waals surface area contributed by atoms with E-state index in [0.29, 0.717) is 0 Å². The Morgan fingerprint density at radius 2 is 2.13 bits per heavy atom. The molecule has 1 aromatic rings. The van der Waals surface area contributed by atoms with E-state index in [1.165, 1.54) is 24.8 Å². The first-order valence-corrected chi connectivity index (χ1v) is 6.51. The van der Waals surface area contributed by atoms with Crippen molar-refractivity contribution in [2.75, 3.05) is 6.54 Å². The van der Waals surface area contributed by atoms with Crippen LogP contribution in [-0.4, -0.2) is 6.54 Å². The van der Waals surface area contributed by atoms with Crippen molar-refractivity contribution in [3.63, 3.8) is 0 Å². The zero-order valence-corrected chi connectivity index (χ0v) is 10.9. The van der Waals surface area contributed by atoms with Crippen molar-refractivity contribution < 1.29 is 0 Å². The van der Waals surface area contributed by atoms with Gasteiger partial charge in [0.1, 0.15) is 0 Å². The lowest BCUT2D eigenvalue weighted by atomic mass is 9.62. The van der Waals surface area contributed by atoms with Gasteiger partial charge >= 0.3 is 0 Å². The quantitative estimate of drug-likeness (QED) is 0.897. The molecule has 1 saturated carbocycles. The van der Waals surface area contributed by atoms with Gasteiger partial charge < -0.3 is 5.73 Å². The SMILES string of the molecule is NCCC1(c2cc(Br)ccc2Cl)CCC1. The van der Waals surface area contributed by atoms with Gasteiger partial charge in [0, 0.05) is 9.50 Å². The fourth-order valence-electron chi connectivity index (χ4n) is 2.44. The predicted molar refractivity (Wildman–Crippen MR) is 68.4 cm³/mol. The van der Waals surface area contributed by atoms with E-state index < -0.39 is 0 Å². The van der Waals surface area contributed by atoms with Gasteiger partial charge in [0.25, 0.3) is 0 Å². The Hall–Kier alpha value is -0.0500. The second-order valence-electron chi connectivity index (χ2n) is 4.30. The van der Waals surface area contributed by atoms with Gasteiger partial charge in [0.2, 0.25) is 0 Å². The van der Waals surface area contributed by atoms with Crippen molar-refractivity contribution in [3.8, 4) is 0 Å². The highest BCUT2D eigenvalue weighted by Crippen LogP contribution is 2.48. The number of benzene rings is 1. The molecule has 2 rings (SSSR count). The summed E-state index contributed by atoms with van der Waals surface area (Å²) in [6.45, 7) is 0.739. The molecule has 1 aromatic carbocycles. The van der Waals surface area contributed by atoms with E-state index in [-0.39, 0.29) is 5.41 Å². The molecular weight excluding hydrogens is 273 g/mol. The first-order valence-electron chi connectivity index (χ1n) is 5.33. The van der Waals surface area contributed by atoms with Crippen LogP contribution in [0.5, 0.6) is 0 Å². The monoisotopic (exact) mass is 287 g/mol. The molecule has 0 bridgehead atoms. The molecule has 0 atom stereocenters. The minimum absolute atomic E-state index is 0.260. The Morgan fingerprint density at radius 1 is 1.40 bits per heavy atom. The molecule has 3 heteroatoms. The van der Waals surface area contributed by atoms with Crippen LogP contribution in [0.4, 0.5) is 0 Å². The number of hydrogen-bond donors (Lipinski definition) is 1. The summed E-state index contributed by atoms with van der Waals surface area (Å²) in [7, 11) is 0. The third kappa shape index (κ3) is 2.08. The standard InChI is InChI=1S/C12H15BrClN/c13-9-2-3-11(14)10(8-9)12(6-7-15)4-1-5-12/h2-3,8H,1,4-7,15H2. The molecule has 0 amide bonds. The molecular formula is C12H15BrClN. The molecule has 0 aromatic heterocycles. The summed E-state index contributed by atoms with van der Waals surface area (Å²) in [6.07, 6.45) is 4.78. The van der Waals surface area contributed by atoms with Crippen molar-refractivity contribution in [2.45, 2.75) is 31.1 Å². The molecule has 1 aliphatic rings. The fraction of sp³-hybridized carbons (Fsp3) is 0.500. The summed E-state index contributed by atoms with van der Waals surface area (Å²) < 4.78 is 1.10. The fourth-order valence-corrected chi connectivity index (χ4v) is 3.12. The number of halogens is 2. The second-order valence-corrected chi connectivity index (χ2v) is 5.62. The van der Waals surface area contributed by atoms with Crippen LogP contribution in [0.15, 0.2) is 22.7 Å². The van der Waals surface area contributed by atoms with Crippen LogP contribution in [0.25, 0.3) is 0 Å². The molecule has 1 nitrogen and oxygen atoms in total. The van der Waals surface area contributed by atoms with Crippen molar-refractivity contribution in [1.82, 2.24) is 0 Å². The molecule has 0 radical (unpaired) electrons. The van der Waals surface area contributed by atoms with Crippen LogP contribution >= 0.6 is 27.5 Å². The zero-order chi connectivity index (χ0) is 10.9. The summed E-state index contributed by atoms with van der Waals surface area (Å²) in [4.78, 5) is 0. The lowest BCUT2D eigenvalue weighted by Gasteiger charge is -2.43. The van der Waals surface area contributed by atoms with Crippen molar-refractivity contribution in [1.29, 1.82) is 0 Å². The normalized spacial score (nSPS) is 18.6. The highest BCUT2D eigenvalue weighted by molar-refractivity contribution is 9.10. The van der Waals surface area contributed by atoms with E-state index in [9.17, 15) is 0 Å². The molecule has 0 aliphatic heterocycles. The molecule has 0 heterocycles. The van der Waals surface area contributed by atoms with Gasteiger partial charge in [0.15, 0.2) is 0 Å². The Morgan fingerprint density at radius 3 is 2.67 bits per heavy atom. The maximum Gasteiger partial charge on any atom is 0.0444 e. The van der Waals surface area contributed by atoms with E-state index in [1.54, 1.807) is 0 Å². The van der Waals surface area contributed by atoms with E-state index in [0.717, 1.165) is 22.5 Å². The van der Waals surface area contributed by atoms with E-state index in [4.69, 9.17) is 17.3 Å². The van der Waals surface area contributed by atoms with Crippen LogP contribution in [0.3, 0.4) is 0 Å². The average molecular weight is 289 g/mol. The number of hydrogen-bond acceptors (Lipinski definition) is 1. The molecule has 1 aliphatic carbocycles. The van der Waals surface area contributed by atoms with Crippen LogP contribution in [-0.2, 0) is 5.41 Å². The molecule has 82 valence electrons. The highest BCUT2D eigenvalue weighted by Gasteiger charge is 2.39. The van der Waals surface area contributed by atoms with Gasteiger partial charge in [-0.25, -0.2) is 0 Å². The van der Waals surface area contributed by atoms with Crippen LogP contribution in [0.2, 0.25) is 5.02 Å². The molecule has 0 saturated heterocycles. The van der Waals surface area contributed by atoms with Crippen LogP contribution in [0.1, 0.15) is 31.2 Å². The first-order chi connectivity index (χ1) is 7.18. The van der Waals surface area contributed by atoms with E-state index in [2.05, 4.69) is 22.0 Å². The summed E-state index contributed by atoms with van der Waals surface area (Å²) >= 11 is 9.77. The Bertz CT molecular complexity index is 361. The Balaban J connectivity index is 2.37. The number of nitrogens with two attached hydrogens (primary N) is 1. The number of rotatable bonds is 3. The summed E-state index contributed by atoms with van der Waals surface area (Å²) in [6, 6.07) is 6.11. The summed E-state index contributed by atoms with van der Waals surface area (Å²) in [5, 5.41) is 0.881. The first kappa shape index (κ1) is 11.4. The van der Waals surface area contributed by atoms with Crippen LogP contribution in [0, 0.1) is 0 Å². The lowest BCUT2D eigenvalue weighted by Crippen LogP contribution is -2.36. The molecule has 0 unspecified atom stereocenters.